The van der Waals surface area contributed by atoms with Gasteiger partial charge >= 0.3 is 11.7 Å². The van der Waals surface area contributed by atoms with Crippen LogP contribution in [0.5, 0.6) is 0 Å². The van der Waals surface area contributed by atoms with E-state index in [0.717, 1.165) is 9.03 Å². The second-order valence-electron chi connectivity index (χ2n) is 4.17. The molecule has 0 fully saturated rings. The first-order valence-corrected chi connectivity index (χ1v) is 6.06. The van der Waals surface area contributed by atoms with Gasteiger partial charge in [-0.25, -0.2) is 18.6 Å². The quantitative estimate of drug-likeness (QED) is 0.686. The molecule has 0 saturated carbocycles. The Morgan fingerprint density at radius 3 is 2.80 bits per heavy atom. The summed E-state index contributed by atoms with van der Waals surface area (Å²) in [7, 11) is 0. The van der Waals surface area contributed by atoms with Crippen LogP contribution in [0.3, 0.4) is 0 Å². The molecule has 0 spiro atoms. The number of benzene rings is 1. The predicted octanol–water partition coefficient (Wildman–Crippen LogP) is 0.417. The molecule has 1 N–H and O–H groups in total. The molecule has 7 heteroatoms. The van der Waals surface area contributed by atoms with Crippen molar-refractivity contribution in [3.8, 4) is 0 Å². The molecule has 0 aliphatic carbocycles. The highest BCUT2D eigenvalue weighted by molar-refractivity contribution is 5.89. The molecule has 0 aliphatic heterocycles. The molecule has 0 bridgehead atoms. The van der Waals surface area contributed by atoms with Crippen LogP contribution in [0.1, 0.15) is 17.3 Å². The Morgan fingerprint density at radius 2 is 2.05 bits per heavy atom. The van der Waals surface area contributed by atoms with Gasteiger partial charge in [-0.15, -0.1) is 0 Å². The maximum Gasteiger partial charge on any atom is 0.345 e. The first-order valence-electron chi connectivity index (χ1n) is 6.06. The molecule has 0 aliphatic rings. The third-order valence-corrected chi connectivity index (χ3v) is 2.97. The lowest BCUT2D eigenvalue weighted by Crippen LogP contribution is -2.26. The maximum absolute atomic E-state index is 12.3. The minimum absolute atomic E-state index is 0.159. The number of para-hydroxylation sites is 2. The van der Waals surface area contributed by atoms with Gasteiger partial charge in [-0.1, -0.05) is 12.1 Å². The third-order valence-electron chi connectivity index (χ3n) is 2.97. The Hall–Kier alpha value is -2.83. The highest BCUT2D eigenvalue weighted by Gasteiger charge is 2.18. The zero-order valence-corrected chi connectivity index (χ0v) is 10.6. The molecule has 3 rings (SSSR count). The SMILES string of the molecule is CCOC(=O)c1cn2c(=O)[nH]c3ccccc3n2c1=O. The molecular weight excluding hydrogens is 262 g/mol. The van der Waals surface area contributed by atoms with Crippen molar-refractivity contribution >= 4 is 17.0 Å². The van der Waals surface area contributed by atoms with Crippen LogP contribution >= 0.6 is 0 Å². The summed E-state index contributed by atoms with van der Waals surface area (Å²) in [4.78, 5) is 38.6. The monoisotopic (exact) mass is 273 g/mol. The molecule has 20 heavy (non-hydrogen) atoms. The van der Waals surface area contributed by atoms with Crippen molar-refractivity contribution in [1.29, 1.82) is 0 Å². The highest BCUT2D eigenvalue weighted by atomic mass is 16.5. The number of carbonyl (C=O) groups excluding carboxylic acids is 1. The summed E-state index contributed by atoms with van der Waals surface area (Å²) in [5.41, 5.74) is -0.228. The summed E-state index contributed by atoms with van der Waals surface area (Å²) < 4.78 is 7.03. The number of fused-ring (bicyclic) bond motifs is 3. The number of carbonyl (C=O) groups is 1. The summed E-state index contributed by atoms with van der Waals surface area (Å²) in [5.74, 6) is -0.739. The Balaban J connectivity index is 2.45. The van der Waals surface area contributed by atoms with E-state index in [4.69, 9.17) is 4.74 Å². The lowest BCUT2D eigenvalue weighted by Gasteiger charge is -2.01. The van der Waals surface area contributed by atoms with E-state index in [1.54, 1.807) is 31.2 Å². The number of aromatic nitrogens is 3. The summed E-state index contributed by atoms with van der Waals surface area (Å²) in [6.07, 6.45) is 1.19. The molecule has 3 aromatic rings. The van der Waals surface area contributed by atoms with E-state index in [2.05, 4.69) is 4.98 Å². The number of hydrogen-bond acceptors (Lipinski definition) is 4. The second-order valence-corrected chi connectivity index (χ2v) is 4.17. The molecule has 0 atom stereocenters. The van der Waals surface area contributed by atoms with Crippen LogP contribution in [0.2, 0.25) is 0 Å². The zero-order valence-electron chi connectivity index (χ0n) is 10.6. The van der Waals surface area contributed by atoms with Crippen molar-refractivity contribution in [1.82, 2.24) is 14.0 Å². The molecule has 7 nitrogen and oxygen atoms in total. The fourth-order valence-corrected chi connectivity index (χ4v) is 2.11. The van der Waals surface area contributed by atoms with Gasteiger partial charge in [-0.05, 0) is 19.1 Å². The Bertz CT molecular complexity index is 932. The number of aromatic amines is 1. The van der Waals surface area contributed by atoms with Gasteiger partial charge in [0.05, 0.1) is 23.8 Å². The van der Waals surface area contributed by atoms with E-state index >= 15 is 0 Å². The van der Waals surface area contributed by atoms with Crippen LogP contribution in [-0.2, 0) is 4.74 Å². The van der Waals surface area contributed by atoms with E-state index in [1.807, 2.05) is 0 Å². The first kappa shape index (κ1) is 12.2. The number of rotatable bonds is 2. The molecule has 1 aromatic carbocycles. The van der Waals surface area contributed by atoms with Gasteiger partial charge < -0.3 is 9.72 Å². The maximum atomic E-state index is 12.3. The third kappa shape index (κ3) is 1.63. The van der Waals surface area contributed by atoms with Crippen molar-refractivity contribution < 1.29 is 9.53 Å². The Kier molecular flexibility index (Phi) is 2.67. The van der Waals surface area contributed by atoms with Crippen LogP contribution in [0.4, 0.5) is 0 Å². The van der Waals surface area contributed by atoms with Crippen molar-refractivity contribution in [2.24, 2.45) is 0 Å². The van der Waals surface area contributed by atoms with Crippen molar-refractivity contribution in [2.45, 2.75) is 6.92 Å². The van der Waals surface area contributed by atoms with Crippen LogP contribution in [0.15, 0.2) is 40.1 Å². The number of esters is 1. The summed E-state index contributed by atoms with van der Waals surface area (Å²) in [6, 6.07) is 6.85. The van der Waals surface area contributed by atoms with Gasteiger partial charge in [0.1, 0.15) is 5.56 Å². The van der Waals surface area contributed by atoms with Gasteiger partial charge in [0, 0.05) is 0 Å². The van der Waals surface area contributed by atoms with Crippen LogP contribution in [-0.4, -0.2) is 26.6 Å². The molecule has 0 unspecified atom stereocenters. The van der Waals surface area contributed by atoms with Crippen LogP contribution in [0, 0.1) is 0 Å². The molecule has 102 valence electrons. The highest BCUT2D eigenvalue weighted by Crippen LogP contribution is 2.07. The Labute approximate surface area is 112 Å². The minimum Gasteiger partial charge on any atom is -0.462 e. The summed E-state index contributed by atoms with van der Waals surface area (Å²) >= 11 is 0. The normalized spacial score (nSPS) is 11.1. The number of nitrogens with zero attached hydrogens (tertiary/aromatic N) is 2. The van der Waals surface area contributed by atoms with E-state index in [0.29, 0.717) is 11.0 Å². The van der Waals surface area contributed by atoms with Gasteiger partial charge in [-0.2, -0.15) is 0 Å². The van der Waals surface area contributed by atoms with Crippen molar-refractivity contribution in [3.05, 3.63) is 56.9 Å². The first-order chi connectivity index (χ1) is 9.63. The lowest BCUT2D eigenvalue weighted by atomic mass is 10.3. The Morgan fingerprint density at radius 1 is 1.30 bits per heavy atom. The lowest BCUT2D eigenvalue weighted by molar-refractivity contribution is 0.0525. The number of ether oxygens (including phenoxy) is 1. The molecule has 2 aromatic heterocycles. The number of hydrogen-bond donors (Lipinski definition) is 1. The van der Waals surface area contributed by atoms with Gasteiger partial charge in [0.2, 0.25) is 0 Å². The van der Waals surface area contributed by atoms with E-state index in [-0.39, 0.29) is 12.2 Å². The van der Waals surface area contributed by atoms with E-state index in [9.17, 15) is 14.4 Å². The average molecular weight is 273 g/mol. The standard InChI is InChI=1S/C13H11N3O4/c1-2-20-12(18)8-7-15-13(19)14-9-5-3-4-6-10(9)16(15)11(8)17/h3-7H,2H2,1H3,(H,14,19). The van der Waals surface area contributed by atoms with Crippen molar-refractivity contribution in [2.75, 3.05) is 6.61 Å². The van der Waals surface area contributed by atoms with E-state index in [1.165, 1.54) is 6.20 Å². The van der Waals surface area contributed by atoms with E-state index < -0.39 is 17.2 Å². The molecule has 2 heterocycles. The fourth-order valence-electron chi connectivity index (χ4n) is 2.11. The molecule has 0 saturated heterocycles. The second kappa shape index (κ2) is 4.37. The van der Waals surface area contributed by atoms with Crippen molar-refractivity contribution in [3.63, 3.8) is 0 Å². The minimum atomic E-state index is -0.739. The molecular formula is C13H11N3O4. The number of H-pyrrole nitrogens is 1. The smallest absolute Gasteiger partial charge is 0.345 e. The topological polar surface area (TPSA) is 85.1 Å². The van der Waals surface area contributed by atoms with Gasteiger partial charge in [-0.3, -0.25) is 4.79 Å². The largest absolute Gasteiger partial charge is 0.462 e. The fraction of sp³-hybridized carbons (Fsp3) is 0.154. The predicted molar refractivity (Wildman–Crippen MR) is 71.2 cm³/mol. The number of nitrogens with one attached hydrogen (secondary N) is 1. The van der Waals surface area contributed by atoms with Crippen LogP contribution < -0.4 is 11.2 Å². The summed E-state index contributed by atoms with van der Waals surface area (Å²) in [5, 5.41) is 0. The van der Waals surface area contributed by atoms with Gasteiger partial charge in [0.25, 0.3) is 5.56 Å². The van der Waals surface area contributed by atoms with Gasteiger partial charge in [0.15, 0.2) is 0 Å². The van der Waals surface area contributed by atoms with Crippen LogP contribution in [0.25, 0.3) is 11.0 Å². The summed E-state index contributed by atoms with van der Waals surface area (Å²) in [6.45, 7) is 1.81. The zero-order chi connectivity index (χ0) is 14.3. The molecule has 0 radical (unpaired) electrons. The average Bonchev–Trinajstić information content (AvgIpc) is 2.78. The molecule has 0 amide bonds.